The quantitative estimate of drug-likeness (QED) is 0.481. The van der Waals surface area contributed by atoms with E-state index in [9.17, 15) is 14.4 Å². The number of fused-ring (bicyclic) bond motifs is 1. The molecular weight excluding hydrogens is 394 g/mol. The number of nitrogens with two attached hydrogens (primary N) is 1. The van der Waals surface area contributed by atoms with Gasteiger partial charge in [-0.15, -0.1) is 0 Å². The normalized spacial score (nSPS) is 10.6. The highest BCUT2D eigenvalue weighted by atomic mass is 79.9. The number of rotatable bonds is 5. The summed E-state index contributed by atoms with van der Waals surface area (Å²) in [6.45, 7) is -0.323. The number of nitrogens with zero attached hydrogens (tertiary/aromatic N) is 3. The molecule has 0 aliphatic carbocycles. The number of pyridine rings is 1. The highest BCUT2D eigenvalue weighted by Crippen LogP contribution is 2.18. The van der Waals surface area contributed by atoms with E-state index in [1.807, 2.05) is 0 Å². The minimum Gasteiger partial charge on any atom is -0.368 e. The number of amides is 3. The molecule has 3 aromatic rings. The van der Waals surface area contributed by atoms with Crippen molar-refractivity contribution in [1.29, 1.82) is 0 Å². The molecule has 0 atom stereocenters. The van der Waals surface area contributed by atoms with Crippen molar-refractivity contribution in [1.82, 2.24) is 25.1 Å². The smallest absolute Gasteiger partial charge is 0.271 e. The van der Waals surface area contributed by atoms with E-state index < -0.39 is 17.7 Å². The van der Waals surface area contributed by atoms with E-state index in [2.05, 4.69) is 41.9 Å². The lowest BCUT2D eigenvalue weighted by Gasteiger charge is -2.06. The maximum Gasteiger partial charge on any atom is 0.271 e. The van der Waals surface area contributed by atoms with Crippen molar-refractivity contribution in [2.45, 2.75) is 0 Å². The van der Waals surface area contributed by atoms with Gasteiger partial charge in [-0.25, -0.2) is 4.52 Å². The average Bonchev–Trinajstić information content (AvgIpc) is 3.19. The second-order valence-corrected chi connectivity index (χ2v) is 5.86. The number of carbonyl (C=O) groups excluding carboxylic acids is 3. The number of aromatic nitrogens is 4. The van der Waals surface area contributed by atoms with Crippen LogP contribution >= 0.6 is 15.9 Å². The van der Waals surface area contributed by atoms with Gasteiger partial charge in [-0.3, -0.25) is 19.5 Å². The molecule has 0 fully saturated rings. The van der Waals surface area contributed by atoms with Gasteiger partial charge in [0.1, 0.15) is 5.69 Å². The summed E-state index contributed by atoms with van der Waals surface area (Å²) < 4.78 is 2.36. The molecule has 3 amide bonds. The van der Waals surface area contributed by atoms with Gasteiger partial charge in [0.05, 0.1) is 40.2 Å². The SMILES string of the molecule is NC(=O)CNC(=O)c1[nH]ncc1NC(=O)c1ccc2c(Br)cnn2c1. The topological polar surface area (TPSA) is 147 Å². The van der Waals surface area contributed by atoms with E-state index in [0.29, 0.717) is 5.56 Å². The first-order valence-electron chi connectivity index (χ1n) is 7.00. The number of hydrogen-bond acceptors (Lipinski definition) is 5. The number of anilines is 1. The van der Waals surface area contributed by atoms with Crippen LogP contribution < -0.4 is 16.4 Å². The molecule has 0 bridgehead atoms. The zero-order valence-corrected chi connectivity index (χ0v) is 14.2. The zero-order valence-electron chi connectivity index (χ0n) is 12.6. The lowest BCUT2D eigenvalue weighted by Crippen LogP contribution is -2.34. The van der Waals surface area contributed by atoms with Crippen molar-refractivity contribution in [3.8, 4) is 0 Å². The van der Waals surface area contributed by atoms with E-state index in [4.69, 9.17) is 5.73 Å². The second-order valence-electron chi connectivity index (χ2n) is 5.00. The fraction of sp³-hybridized carbons (Fsp3) is 0.0714. The first-order valence-corrected chi connectivity index (χ1v) is 7.79. The highest BCUT2D eigenvalue weighted by Gasteiger charge is 2.17. The lowest BCUT2D eigenvalue weighted by molar-refractivity contribution is -0.117. The molecule has 0 aromatic carbocycles. The van der Waals surface area contributed by atoms with E-state index >= 15 is 0 Å². The third kappa shape index (κ3) is 3.50. The van der Waals surface area contributed by atoms with Gasteiger partial charge in [0.15, 0.2) is 0 Å². The Hall–Kier alpha value is -3.21. The van der Waals surface area contributed by atoms with E-state index in [-0.39, 0.29) is 17.9 Å². The molecule has 10 nitrogen and oxygen atoms in total. The fourth-order valence-electron chi connectivity index (χ4n) is 2.09. The number of hydrogen-bond donors (Lipinski definition) is 4. The van der Waals surface area contributed by atoms with Crippen molar-refractivity contribution in [3.63, 3.8) is 0 Å². The minimum atomic E-state index is -0.683. The van der Waals surface area contributed by atoms with Crippen molar-refractivity contribution in [3.05, 3.63) is 46.5 Å². The predicted octanol–water partition coefficient (Wildman–Crippen LogP) is 0.287. The molecular formula is C14H12BrN7O3. The summed E-state index contributed by atoms with van der Waals surface area (Å²) in [7, 11) is 0. The van der Waals surface area contributed by atoms with Gasteiger partial charge >= 0.3 is 0 Å². The summed E-state index contributed by atoms with van der Waals surface area (Å²) in [6.07, 6.45) is 4.47. The number of H-pyrrole nitrogens is 1. The number of aromatic amines is 1. The van der Waals surface area contributed by atoms with Gasteiger partial charge in [-0.2, -0.15) is 10.2 Å². The van der Waals surface area contributed by atoms with Crippen molar-refractivity contribution >= 4 is 44.9 Å². The maximum absolute atomic E-state index is 12.4. The molecule has 0 radical (unpaired) electrons. The molecule has 0 saturated heterocycles. The molecule has 11 heteroatoms. The van der Waals surface area contributed by atoms with Gasteiger partial charge in [0.2, 0.25) is 5.91 Å². The third-order valence-corrected chi connectivity index (χ3v) is 3.88. The highest BCUT2D eigenvalue weighted by molar-refractivity contribution is 9.10. The third-order valence-electron chi connectivity index (χ3n) is 3.27. The first-order chi connectivity index (χ1) is 12.0. The standard InChI is InChI=1S/C14H12BrN7O3/c15-8-3-19-22-6-7(1-2-10(8)22)13(24)20-9-4-18-21-12(9)14(25)17-5-11(16)23/h1-4,6H,5H2,(H2,16,23)(H,17,25)(H,18,21)(H,20,24). The molecule has 0 saturated carbocycles. The molecule has 3 heterocycles. The molecule has 25 heavy (non-hydrogen) atoms. The zero-order chi connectivity index (χ0) is 18.0. The number of carbonyl (C=O) groups is 3. The fourth-order valence-corrected chi connectivity index (χ4v) is 2.50. The summed E-state index contributed by atoms with van der Waals surface area (Å²) in [5.41, 5.74) is 6.31. The number of halogens is 1. The Balaban J connectivity index is 1.77. The van der Waals surface area contributed by atoms with Crippen molar-refractivity contribution in [2.24, 2.45) is 5.73 Å². The largest absolute Gasteiger partial charge is 0.368 e. The van der Waals surface area contributed by atoms with E-state index in [1.54, 1.807) is 29.0 Å². The summed E-state index contributed by atoms with van der Waals surface area (Å²) in [6, 6.07) is 3.37. The molecule has 0 aliphatic rings. The van der Waals surface area contributed by atoms with Gasteiger partial charge in [-0.1, -0.05) is 0 Å². The van der Waals surface area contributed by atoms with Crippen LogP contribution in [0.4, 0.5) is 5.69 Å². The molecule has 3 rings (SSSR count). The van der Waals surface area contributed by atoms with Crippen LogP contribution in [0.3, 0.4) is 0 Å². The molecule has 128 valence electrons. The van der Waals surface area contributed by atoms with Crippen LogP contribution in [-0.4, -0.2) is 44.1 Å². The van der Waals surface area contributed by atoms with E-state index in [0.717, 1.165) is 9.99 Å². The maximum atomic E-state index is 12.4. The summed E-state index contributed by atoms with van der Waals surface area (Å²) in [4.78, 5) is 35.1. The molecule has 0 spiro atoms. The van der Waals surface area contributed by atoms with Gasteiger partial charge in [0.25, 0.3) is 11.8 Å². The van der Waals surface area contributed by atoms with Crippen LogP contribution in [-0.2, 0) is 4.79 Å². The van der Waals surface area contributed by atoms with Crippen LogP contribution in [0, 0.1) is 0 Å². The predicted molar refractivity (Wildman–Crippen MR) is 91.0 cm³/mol. The summed E-state index contributed by atoms with van der Waals surface area (Å²) >= 11 is 3.35. The lowest BCUT2D eigenvalue weighted by atomic mass is 10.2. The molecule has 0 unspecified atom stereocenters. The molecule has 5 N–H and O–H groups in total. The Morgan fingerprint density at radius 2 is 2.04 bits per heavy atom. The van der Waals surface area contributed by atoms with Crippen molar-refractivity contribution in [2.75, 3.05) is 11.9 Å². The van der Waals surface area contributed by atoms with Gasteiger partial charge < -0.3 is 16.4 Å². The molecule has 0 aliphatic heterocycles. The molecule has 3 aromatic heterocycles. The van der Waals surface area contributed by atoms with Crippen LogP contribution in [0.15, 0.2) is 35.2 Å². The van der Waals surface area contributed by atoms with Crippen LogP contribution in [0.2, 0.25) is 0 Å². The number of primary amides is 1. The Bertz CT molecular complexity index is 978. The van der Waals surface area contributed by atoms with Crippen molar-refractivity contribution < 1.29 is 14.4 Å². The Labute approximate surface area is 148 Å². The van der Waals surface area contributed by atoms with Crippen LogP contribution in [0.25, 0.3) is 5.52 Å². The summed E-state index contributed by atoms with van der Waals surface area (Å²) in [5.74, 6) is -1.74. The minimum absolute atomic E-state index is 0.0116. The van der Waals surface area contributed by atoms with E-state index in [1.165, 1.54) is 6.20 Å². The van der Waals surface area contributed by atoms with Crippen LogP contribution in [0.5, 0.6) is 0 Å². The van der Waals surface area contributed by atoms with Crippen LogP contribution in [0.1, 0.15) is 20.8 Å². The second kappa shape index (κ2) is 6.73. The van der Waals surface area contributed by atoms with Gasteiger partial charge in [-0.05, 0) is 28.1 Å². The Morgan fingerprint density at radius 3 is 2.80 bits per heavy atom. The first kappa shape index (κ1) is 16.6. The van der Waals surface area contributed by atoms with Gasteiger partial charge in [0, 0.05) is 6.20 Å². The summed E-state index contributed by atoms with van der Waals surface area (Å²) in [5, 5.41) is 15.2. The average molecular weight is 406 g/mol. The monoisotopic (exact) mass is 405 g/mol. The Morgan fingerprint density at radius 1 is 1.24 bits per heavy atom. The Kier molecular flexibility index (Phi) is 4.48. The number of nitrogens with one attached hydrogen (secondary N) is 3.